The fourth-order valence-corrected chi connectivity index (χ4v) is 2.64. The maximum absolute atomic E-state index is 13.4. The van der Waals surface area contributed by atoms with Crippen molar-refractivity contribution >= 4 is 17.0 Å². The fraction of sp³-hybridized carbons (Fsp3) is 0.462. The van der Waals surface area contributed by atoms with Gasteiger partial charge in [0.15, 0.2) is 22.6 Å². The van der Waals surface area contributed by atoms with Crippen LogP contribution in [0, 0.1) is 18.4 Å². The first-order chi connectivity index (χ1) is 10.5. The van der Waals surface area contributed by atoms with E-state index >= 15 is 0 Å². The van der Waals surface area contributed by atoms with Gasteiger partial charge in [0.25, 0.3) is 0 Å². The molecule has 0 unspecified atom stereocenters. The van der Waals surface area contributed by atoms with Crippen LogP contribution in [-0.2, 0) is 4.74 Å². The summed E-state index contributed by atoms with van der Waals surface area (Å²) in [7, 11) is 0. The quantitative estimate of drug-likeness (QED) is 0.520. The number of ether oxygens (including phenoxy) is 1. The summed E-state index contributed by atoms with van der Waals surface area (Å²) in [6.07, 6.45) is 4.40. The Morgan fingerprint density at radius 2 is 2.36 bits per heavy atom. The highest BCUT2D eigenvalue weighted by molar-refractivity contribution is 5.81. The Balaban J connectivity index is 2.02. The van der Waals surface area contributed by atoms with Crippen molar-refractivity contribution in [2.75, 3.05) is 12.3 Å². The minimum Gasteiger partial charge on any atom is -0.396 e. The van der Waals surface area contributed by atoms with Crippen molar-refractivity contribution in [2.24, 2.45) is 0 Å². The molecule has 22 heavy (non-hydrogen) atoms. The topological polar surface area (TPSA) is 119 Å². The van der Waals surface area contributed by atoms with Gasteiger partial charge >= 0.3 is 6.08 Å². The van der Waals surface area contributed by atoms with Crippen LogP contribution in [0.2, 0.25) is 0 Å². The highest BCUT2D eigenvalue weighted by Gasteiger charge is 2.47. The molecule has 3 rings (SSSR count). The van der Waals surface area contributed by atoms with Gasteiger partial charge in [-0.05, 0) is 0 Å². The van der Waals surface area contributed by atoms with Crippen molar-refractivity contribution in [3.8, 4) is 12.3 Å². The molecule has 2 aromatic rings. The zero-order valence-electron chi connectivity index (χ0n) is 11.5. The third-order valence-corrected chi connectivity index (χ3v) is 3.77. The number of aromatic nitrogens is 4. The molecule has 1 aliphatic heterocycles. The summed E-state index contributed by atoms with van der Waals surface area (Å²) in [5.74, 6) is 2.31. The molecule has 1 fully saturated rings. The predicted octanol–water partition coefficient (Wildman–Crippen LogP) is -0.418. The van der Waals surface area contributed by atoms with Crippen LogP contribution < -0.4 is 5.73 Å². The van der Waals surface area contributed by atoms with Crippen LogP contribution in [0.3, 0.4) is 0 Å². The molecule has 3 heterocycles. The highest BCUT2D eigenvalue weighted by Crippen LogP contribution is 2.39. The lowest BCUT2D eigenvalue weighted by Gasteiger charge is -2.25. The van der Waals surface area contributed by atoms with Crippen molar-refractivity contribution in [1.82, 2.24) is 19.5 Å². The lowest BCUT2D eigenvalue weighted by Crippen LogP contribution is -2.38. The van der Waals surface area contributed by atoms with Gasteiger partial charge in [0.1, 0.15) is 6.23 Å². The van der Waals surface area contributed by atoms with E-state index in [2.05, 4.69) is 20.9 Å². The monoisotopic (exact) mass is 307 g/mol. The molecule has 116 valence electrons. The average Bonchev–Trinajstić information content (AvgIpc) is 3.02. The number of terminal acetylenes is 1. The Morgan fingerprint density at radius 3 is 3.05 bits per heavy atom. The summed E-state index contributed by atoms with van der Waals surface area (Å²) >= 11 is 0. The molecule has 3 atom stereocenters. The van der Waals surface area contributed by atoms with Gasteiger partial charge in [-0.1, -0.05) is 5.92 Å². The van der Waals surface area contributed by atoms with Crippen LogP contribution in [0.15, 0.2) is 6.33 Å². The van der Waals surface area contributed by atoms with Crippen LogP contribution in [0.1, 0.15) is 19.1 Å². The van der Waals surface area contributed by atoms with E-state index in [1.54, 1.807) is 0 Å². The highest BCUT2D eigenvalue weighted by atomic mass is 19.1. The van der Waals surface area contributed by atoms with Crippen LogP contribution in [0.5, 0.6) is 0 Å². The van der Waals surface area contributed by atoms with Crippen LogP contribution >= 0.6 is 0 Å². The largest absolute Gasteiger partial charge is 0.396 e. The predicted molar refractivity (Wildman–Crippen MR) is 73.7 cm³/mol. The number of halogens is 1. The first-order valence-electron chi connectivity index (χ1n) is 6.61. The Kier molecular flexibility index (Phi) is 3.44. The third-order valence-electron chi connectivity index (χ3n) is 3.77. The van der Waals surface area contributed by atoms with Gasteiger partial charge in [-0.3, -0.25) is 4.57 Å². The zero-order chi connectivity index (χ0) is 15.9. The molecule has 4 N–H and O–H groups in total. The molecule has 1 aliphatic rings. The van der Waals surface area contributed by atoms with E-state index in [9.17, 15) is 9.50 Å². The molecular weight excluding hydrogens is 293 g/mol. The summed E-state index contributed by atoms with van der Waals surface area (Å²) < 4.78 is 20.5. The number of aliphatic hydroxyl groups is 2. The molecule has 0 amide bonds. The number of hydrogen-bond acceptors (Lipinski definition) is 7. The second-order valence-electron chi connectivity index (χ2n) is 5.03. The number of aliphatic hydroxyl groups excluding tert-OH is 2. The molecule has 0 spiro atoms. The summed E-state index contributed by atoms with van der Waals surface area (Å²) in [5.41, 5.74) is 4.69. The second-order valence-corrected chi connectivity index (χ2v) is 5.03. The number of nitrogens with two attached hydrogens (primary N) is 1. The van der Waals surface area contributed by atoms with Gasteiger partial charge in [0.2, 0.25) is 0 Å². The molecule has 0 aromatic carbocycles. The Bertz CT molecular complexity index is 758. The average molecular weight is 307 g/mol. The number of rotatable bonds is 3. The zero-order valence-corrected chi connectivity index (χ0v) is 11.5. The lowest BCUT2D eigenvalue weighted by atomic mass is 9.94. The number of nitrogen functional groups attached to an aromatic ring is 1. The third kappa shape index (κ3) is 2.09. The van der Waals surface area contributed by atoms with Crippen molar-refractivity contribution in [3.05, 3.63) is 12.4 Å². The van der Waals surface area contributed by atoms with Crippen molar-refractivity contribution in [3.63, 3.8) is 0 Å². The molecule has 1 saturated heterocycles. The van der Waals surface area contributed by atoms with E-state index in [-0.39, 0.29) is 36.4 Å². The SMILES string of the molecule is C#C[C@@]1(CCO)O[C@@H](n2cnc3c(N)nc(F)nc32)C[C@@H]1O. The lowest BCUT2D eigenvalue weighted by molar-refractivity contribution is -0.0736. The minimum absolute atomic E-state index is 0.0826. The number of hydrogen-bond donors (Lipinski definition) is 3. The Labute approximate surface area is 124 Å². The van der Waals surface area contributed by atoms with Gasteiger partial charge in [-0.2, -0.15) is 14.4 Å². The summed E-state index contributed by atoms with van der Waals surface area (Å²) in [4.78, 5) is 11.1. The standard InChI is InChI=1S/C13H14FN5O3/c1-2-13(3-4-20)7(21)5-8(22-13)19-6-16-9-10(15)17-12(14)18-11(9)19/h1,6-8,20-21H,3-5H2,(H2,15,17,18)/t7-,8+,13-/m0/s1. The van der Waals surface area contributed by atoms with Crippen LogP contribution in [0.25, 0.3) is 11.2 Å². The maximum atomic E-state index is 13.4. The van der Waals surface area contributed by atoms with E-state index in [4.69, 9.17) is 22.0 Å². The van der Waals surface area contributed by atoms with E-state index in [0.29, 0.717) is 0 Å². The first-order valence-corrected chi connectivity index (χ1v) is 6.61. The van der Waals surface area contributed by atoms with E-state index in [0.717, 1.165) is 0 Å². The van der Waals surface area contributed by atoms with E-state index in [1.165, 1.54) is 10.9 Å². The van der Waals surface area contributed by atoms with Gasteiger partial charge < -0.3 is 20.7 Å². The normalized spacial score (nSPS) is 28.1. The molecule has 2 aromatic heterocycles. The van der Waals surface area contributed by atoms with E-state index in [1.807, 2.05) is 0 Å². The maximum Gasteiger partial charge on any atom is 0.312 e. The van der Waals surface area contributed by atoms with Gasteiger partial charge in [0.05, 0.1) is 12.4 Å². The minimum atomic E-state index is -1.30. The Morgan fingerprint density at radius 1 is 1.59 bits per heavy atom. The number of anilines is 1. The molecular formula is C13H14FN5O3. The number of imidazole rings is 1. The first kappa shape index (κ1) is 14.6. The summed E-state index contributed by atoms with van der Waals surface area (Å²) in [6.45, 7) is -0.234. The smallest absolute Gasteiger partial charge is 0.312 e. The van der Waals surface area contributed by atoms with Gasteiger partial charge in [0, 0.05) is 19.4 Å². The Hall–Kier alpha value is -2.28. The van der Waals surface area contributed by atoms with Crippen LogP contribution in [0.4, 0.5) is 10.2 Å². The molecule has 9 heteroatoms. The van der Waals surface area contributed by atoms with Crippen molar-refractivity contribution in [1.29, 1.82) is 0 Å². The molecule has 0 radical (unpaired) electrons. The van der Waals surface area contributed by atoms with Crippen molar-refractivity contribution in [2.45, 2.75) is 30.8 Å². The van der Waals surface area contributed by atoms with Gasteiger partial charge in [-0.25, -0.2) is 4.98 Å². The van der Waals surface area contributed by atoms with Gasteiger partial charge in [-0.15, -0.1) is 6.42 Å². The van der Waals surface area contributed by atoms with E-state index < -0.39 is 24.0 Å². The molecule has 0 aliphatic carbocycles. The number of fused-ring (bicyclic) bond motifs is 1. The summed E-state index contributed by atoms with van der Waals surface area (Å²) in [6, 6.07) is 0. The molecule has 8 nitrogen and oxygen atoms in total. The number of nitrogens with zero attached hydrogens (tertiary/aromatic N) is 4. The molecule has 0 bridgehead atoms. The summed E-state index contributed by atoms with van der Waals surface area (Å²) in [5, 5.41) is 19.3. The fourth-order valence-electron chi connectivity index (χ4n) is 2.64. The molecule has 0 saturated carbocycles. The van der Waals surface area contributed by atoms with Crippen molar-refractivity contribution < 1.29 is 19.3 Å². The van der Waals surface area contributed by atoms with Crippen LogP contribution in [-0.4, -0.2) is 48.0 Å². The second kappa shape index (κ2) is 5.17.